The smallest absolute Gasteiger partial charge is 0.224 e. The molecule has 0 aliphatic rings. The van der Waals surface area contributed by atoms with Crippen molar-refractivity contribution in [2.45, 2.75) is 39.3 Å². The van der Waals surface area contributed by atoms with Gasteiger partial charge in [0.2, 0.25) is 5.95 Å². The molecule has 0 saturated carbocycles. The molecule has 0 radical (unpaired) electrons. The lowest BCUT2D eigenvalue weighted by molar-refractivity contribution is 0.165. The van der Waals surface area contributed by atoms with Gasteiger partial charge in [0.05, 0.1) is 12.9 Å². The van der Waals surface area contributed by atoms with Crippen LogP contribution in [-0.2, 0) is 11.3 Å². The number of para-hydroxylation sites is 1. The second kappa shape index (κ2) is 11.1. The van der Waals surface area contributed by atoms with Gasteiger partial charge in [-0.25, -0.2) is 4.98 Å². The van der Waals surface area contributed by atoms with Crippen molar-refractivity contribution in [3.63, 3.8) is 0 Å². The Morgan fingerprint density at radius 2 is 2.03 bits per heavy atom. The van der Waals surface area contributed by atoms with E-state index in [0.717, 1.165) is 24.1 Å². The number of nitrogens with two attached hydrogens (primary N) is 1. The maximum absolute atomic E-state index is 5.93. The standard InChI is InChI=1S/C20H30N7O2P/c1-4-8-15(2)24-18-17-19(26-20(21)25-18)27(13-23-17)11-12-28-14-30(22-3)29-16-9-6-5-7-10-16/h5-7,9-10,13,15,22H,4,8,11-12,14H2,1-3H3,(H3,21,24,25,26). The lowest BCUT2D eigenvalue weighted by Crippen LogP contribution is -2.17. The van der Waals surface area contributed by atoms with Crippen molar-refractivity contribution in [1.82, 2.24) is 24.6 Å². The minimum Gasteiger partial charge on any atom is -0.456 e. The SMILES string of the molecule is CCCC(C)Nc1nc(N)nc2c1ncn2CCOCP(NC)Oc1ccccc1. The molecule has 0 spiro atoms. The van der Waals surface area contributed by atoms with Crippen LogP contribution in [0.25, 0.3) is 11.2 Å². The fourth-order valence-electron chi connectivity index (χ4n) is 3.02. The van der Waals surface area contributed by atoms with Crippen molar-refractivity contribution in [3.8, 4) is 5.75 Å². The number of benzene rings is 1. The number of hydrogen-bond donors (Lipinski definition) is 3. The average molecular weight is 431 g/mol. The fraction of sp³-hybridized carbons (Fsp3) is 0.450. The Balaban J connectivity index is 1.57. The largest absolute Gasteiger partial charge is 0.456 e. The van der Waals surface area contributed by atoms with Crippen LogP contribution in [0.5, 0.6) is 5.75 Å². The van der Waals surface area contributed by atoms with E-state index in [1.807, 2.05) is 41.9 Å². The maximum Gasteiger partial charge on any atom is 0.224 e. The first kappa shape index (κ1) is 22.2. The summed E-state index contributed by atoms with van der Waals surface area (Å²) >= 11 is 0. The molecule has 0 aliphatic heterocycles. The molecule has 1 aromatic carbocycles. The molecule has 162 valence electrons. The van der Waals surface area contributed by atoms with Crippen molar-refractivity contribution >= 4 is 31.2 Å². The molecule has 0 bridgehead atoms. The molecule has 0 saturated heterocycles. The fourth-order valence-corrected chi connectivity index (χ4v) is 3.96. The van der Waals surface area contributed by atoms with Gasteiger partial charge in [0.15, 0.2) is 25.3 Å². The zero-order valence-electron chi connectivity index (χ0n) is 17.7. The maximum atomic E-state index is 5.93. The van der Waals surface area contributed by atoms with Crippen molar-refractivity contribution in [1.29, 1.82) is 0 Å². The summed E-state index contributed by atoms with van der Waals surface area (Å²) in [4.78, 5) is 13.2. The highest BCUT2D eigenvalue weighted by Gasteiger charge is 2.14. The van der Waals surface area contributed by atoms with E-state index in [-0.39, 0.29) is 12.0 Å². The zero-order valence-corrected chi connectivity index (χ0v) is 18.6. The van der Waals surface area contributed by atoms with Gasteiger partial charge in [0.1, 0.15) is 12.1 Å². The Morgan fingerprint density at radius 3 is 2.77 bits per heavy atom. The summed E-state index contributed by atoms with van der Waals surface area (Å²) < 4.78 is 13.7. The van der Waals surface area contributed by atoms with Gasteiger partial charge in [0.25, 0.3) is 0 Å². The first-order valence-corrected chi connectivity index (χ1v) is 11.6. The predicted molar refractivity (Wildman–Crippen MR) is 122 cm³/mol. The summed E-state index contributed by atoms with van der Waals surface area (Å²) in [5.74, 6) is 1.73. The first-order valence-electron chi connectivity index (χ1n) is 10.1. The number of nitrogens with zero attached hydrogens (tertiary/aromatic N) is 4. The van der Waals surface area contributed by atoms with Crippen LogP contribution in [0.15, 0.2) is 36.7 Å². The molecule has 3 aromatic rings. The van der Waals surface area contributed by atoms with Crippen LogP contribution in [-0.4, -0.2) is 45.6 Å². The first-order chi connectivity index (χ1) is 14.6. The van der Waals surface area contributed by atoms with E-state index in [4.69, 9.17) is 15.0 Å². The summed E-state index contributed by atoms with van der Waals surface area (Å²) in [7, 11) is 0.955. The van der Waals surface area contributed by atoms with Crippen LogP contribution < -0.4 is 20.7 Å². The van der Waals surface area contributed by atoms with E-state index in [0.29, 0.717) is 31.0 Å². The van der Waals surface area contributed by atoms with Crippen molar-refractivity contribution in [2.75, 3.05) is 31.1 Å². The van der Waals surface area contributed by atoms with Crippen LogP contribution in [0, 0.1) is 0 Å². The monoisotopic (exact) mass is 431 g/mol. The predicted octanol–water partition coefficient (Wildman–Crippen LogP) is 3.59. The van der Waals surface area contributed by atoms with E-state index >= 15 is 0 Å². The number of anilines is 2. The summed E-state index contributed by atoms with van der Waals surface area (Å²) in [6.07, 6.45) is 4.36. The molecule has 2 aromatic heterocycles. The van der Waals surface area contributed by atoms with Crippen LogP contribution >= 0.6 is 8.30 Å². The molecular weight excluding hydrogens is 401 g/mol. The number of imidazole rings is 1. The van der Waals surface area contributed by atoms with E-state index in [9.17, 15) is 0 Å². The number of nitrogens with one attached hydrogen (secondary N) is 2. The third-order valence-electron chi connectivity index (χ3n) is 4.48. The third kappa shape index (κ3) is 6.01. The van der Waals surface area contributed by atoms with Crippen LogP contribution in [0.4, 0.5) is 11.8 Å². The molecule has 30 heavy (non-hydrogen) atoms. The number of hydrogen-bond acceptors (Lipinski definition) is 8. The summed E-state index contributed by atoms with van der Waals surface area (Å²) in [6, 6.07) is 10.0. The molecular formula is C20H30N7O2P. The van der Waals surface area contributed by atoms with Crippen molar-refractivity contribution < 1.29 is 9.26 Å². The minimum absolute atomic E-state index is 0.228. The molecule has 0 amide bonds. The second-order valence-corrected chi connectivity index (χ2v) is 8.56. The van der Waals surface area contributed by atoms with Gasteiger partial charge in [-0.3, -0.25) is 5.09 Å². The van der Waals surface area contributed by atoms with Gasteiger partial charge in [-0.2, -0.15) is 9.97 Å². The number of aromatic nitrogens is 4. The lowest BCUT2D eigenvalue weighted by Gasteiger charge is -2.17. The Hall–Kier alpha value is -2.48. The second-order valence-electron chi connectivity index (χ2n) is 6.92. The molecule has 3 rings (SSSR count). The molecule has 0 aliphatic carbocycles. The van der Waals surface area contributed by atoms with Gasteiger partial charge in [-0.1, -0.05) is 31.5 Å². The molecule has 2 heterocycles. The van der Waals surface area contributed by atoms with Crippen LogP contribution in [0.3, 0.4) is 0 Å². The quantitative estimate of drug-likeness (QED) is 0.295. The van der Waals surface area contributed by atoms with Crippen LogP contribution in [0.1, 0.15) is 26.7 Å². The van der Waals surface area contributed by atoms with Gasteiger partial charge < -0.3 is 24.9 Å². The molecule has 2 unspecified atom stereocenters. The Labute approximate surface area is 178 Å². The van der Waals surface area contributed by atoms with Crippen molar-refractivity contribution in [2.24, 2.45) is 0 Å². The lowest BCUT2D eigenvalue weighted by atomic mass is 10.2. The topological polar surface area (TPSA) is 112 Å². The normalized spacial score (nSPS) is 13.3. The average Bonchev–Trinajstić information content (AvgIpc) is 3.14. The van der Waals surface area contributed by atoms with Gasteiger partial charge >= 0.3 is 0 Å². The van der Waals surface area contributed by atoms with E-state index in [2.05, 4.69) is 39.2 Å². The minimum atomic E-state index is -0.915. The Kier molecular flexibility index (Phi) is 8.19. The zero-order chi connectivity index (χ0) is 21.3. The Bertz CT molecular complexity index is 922. The molecule has 10 heteroatoms. The highest BCUT2D eigenvalue weighted by Crippen LogP contribution is 2.33. The number of fused-ring (bicyclic) bond motifs is 1. The molecule has 4 N–H and O–H groups in total. The third-order valence-corrected chi connectivity index (χ3v) is 5.83. The van der Waals surface area contributed by atoms with Gasteiger partial charge in [-0.05, 0) is 32.5 Å². The molecule has 0 fully saturated rings. The number of ether oxygens (including phenoxy) is 1. The number of rotatable bonds is 12. The molecule has 9 nitrogen and oxygen atoms in total. The summed E-state index contributed by atoms with van der Waals surface area (Å²) in [5, 5.41) is 6.56. The van der Waals surface area contributed by atoms with E-state index in [1.54, 1.807) is 6.33 Å². The van der Waals surface area contributed by atoms with Crippen molar-refractivity contribution in [3.05, 3.63) is 36.7 Å². The van der Waals surface area contributed by atoms with E-state index in [1.165, 1.54) is 0 Å². The van der Waals surface area contributed by atoms with E-state index < -0.39 is 8.30 Å². The number of nitrogen functional groups attached to an aromatic ring is 1. The molecule has 2 atom stereocenters. The van der Waals surface area contributed by atoms with Crippen LogP contribution in [0.2, 0.25) is 0 Å². The van der Waals surface area contributed by atoms with Gasteiger partial charge in [0, 0.05) is 12.6 Å². The van der Waals surface area contributed by atoms with Gasteiger partial charge in [-0.15, -0.1) is 0 Å². The highest BCUT2D eigenvalue weighted by atomic mass is 31.2. The summed E-state index contributed by atoms with van der Waals surface area (Å²) in [6.45, 7) is 5.38. The highest BCUT2D eigenvalue weighted by molar-refractivity contribution is 7.50. The summed E-state index contributed by atoms with van der Waals surface area (Å²) in [5.41, 5.74) is 7.35. The Morgan fingerprint density at radius 1 is 1.23 bits per heavy atom.